The predicted octanol–water partition coefficient (Wildman–Crippen LogP) is 1.45. The Balaban J connectivity index is 1.54. The van der Waals surface area contributed by atoms with Crippen LogP contribution >= 0.6 is 0 Å². The summed E-state index contributed by atoms with van der Waals surface area (Å²) in [5.41, 5.74) is 0.677. The van der Waals surface area contributed by atoms with Crippen molar-refractivity contribution in [1.82, 2.24) is 19.6 Å². The van der Waals surface area contributed by atoms with Crippen molar-refractivity contribution in [3.05, 3.63) is 42.1 Å². The fourth-order valence-corrected chi connectivity index (χ4v) is 2.56. The zero-order valence-electron chi connectivity index (χ0n) is 12.2. The average molecular weight is 288 g/mol. The molecular weight excluding hydrogens is 268 g/mol. The summed E-state index contributed by atoms with van der Waals surface area (Å²) < 4.78 is 7.14. The fraction of sp³-hybridized carbons (Fsp3) is 0.467. The van der Waals surface area contributed by atoms with Gasteiger partial charge in [-0.1, -0.05) is 0 Å². The van der Waals surface area contributed by atoms with Crippen LogP contribution in [0.15, 0.2) is 35.2 Å². The summed E-state index contributed by atoms with van der Waals surface area (Å²) in [7, 11) is 0. The molecule has 0 bridgehead atoms. The lowest BCUT2D eigenvalue weighted by atomic mass is 10.2. The largest absolute Gasteiger partial charge is 0.468 e. The SMILES string of the molecule is CCn1cc(C(=O)N2CCN(Cc3ccco3)CC2)cn1. The quantitative estimate of drug-likeness (QED) is 0.854. The standard InChI is InChI=1S/C15H20N4O2/c1-2-19-11-13(10-16-19)15(20)18-7-5-17(6-8-18)12-14-4-3-9-21-14/h3-4,9-11H,2,5-8,12H2,1H3. The summed E-state index contributed by atoms with van der Waals surface area (Å²) in [5, 5.41) is 4.16. The number of amides is 1. The summed E-state index contributed by atoms with van der Waals surface area (Å²) in [4.78, 5) is 16.6. The number of aromatic nitrogens is 2. The molecular formula is C15H20N4O2. The maximum Gasteiger partial charge on any atom is 0.257 e. The fourth-order valence-electron chi connectivity index (χ4n) is 2.56. The molecule has 1 saturated heterocycles. The normalized spacial score (nSPS) is 16.3. The number of aryl methyl sites for hydroxylation is 1. The van der Waals surface area contributed by atoms with Crippen molar-refractivity contribution in [2.75, 3.05) is 26.2 Å². The molecule has 1 aliphatic rings. The summed E-state index contributed by atoms with van der Waals surface area (Å²) in [6.45, 7) is 6.83. The molecule has 6 nitrogen and oxygen atoms in total. The molecule has 0 aromatic carbocycles. The van der Waals surface area contributed by atoms with E-state index < -0.39 is 0 Å². The number of carbonyl (C=O) groups excluding carboxylic acids is 1. The minimum atomic E-state index is 0.0762. The maximum atomic E-state index is 12.4. The molecule has 1 aliphatic heterocycles. The van der Waals surface area contributed by atoms with Crippen LogP contribution in [-0.4, -0.2) is 51.7 Å². The number of carbonyl (C=O) groups is 1. The highest BCUT2D eigenvalue weighted by atomic mass is 16.3. The monoisotopic (exact) mass is 288 g/mol. The third kappa shape index (κ3) is 3.16. The molecule has 3 heterocycles. The molecule has 0 unspecified atom stereocenters. The molecule has 0 aliphatic carbocycles. The van der Waals surface area contributed by atoms with Crippen LogP contribution in [0.25, 0.3) is 0 Å². The van der Waals surface area contributed by atoms with Gasteiger partial charge in [0, 0.05) is 38.9 Å². The zero-order chi connectivity index (χ0) is 14.7. The van der Waals surface area contributed by atoms with Crippen LogP contribution < -0.4 is 0 Å². The second-order valence-electron chi connectivity index (χ2n) is 5.23. The smallest absolute Gasteiger partial charge is 0.257 e. The first-order valence-electron chi connectivity index (χ1n) is 7.32. The van der Waals surface area contributed by atoms with Crippen LogP contribution in [0.5, 0.6) is 0 Å². The number of furan rings is 1. The number of hydrogen-bond acceptors (Lipinski definition) is 4. The van der Waals surface area contributed by atoms with Gasteiger partial charge in [-0.05, 0) is 19.1 Å². The molecule has 2 aromatic heterocycles. The topological polar surface area (TPSA) is 54.5 Å². The van der Waals surface area contributed by atoms with Gasteiger partial charge in [-0.3, -0.25) is 14.4 Å². The van der Waals surface area contributed by atoms with Crippen LogP contribution in [0.2, 0.25) is 0 Å². The van der Waals surface area contributed by atoms with Crippen molar-refractivity contribution in [2.45, 2.75) is 20.0 Å². The van der Waals surface area contributed by atoms with Gasteiger partial charge in [0.05, 0.1) is 24.6 Å². The first kappa shape index (κ1) is 13.9. The van der Waals surface area contributed by atoms with E-state index in [-0.39, 0.29) is 5.91 Å². The van der Waals surface area contributed by atoms with Gasteiger partial charge >= 0.3 is 0 Å². The van der Waals surface area contributed by atoms with E-state index in [2.05, 4.69) is 10.00 Å². The van der Waals surface area contributed by atoms with Crippen LogP contribution in [-0.2, 0) is 13.1 Å². The minimum Gasteiger partial charge on any atom is -0.468 e. The van der Waals surface area contributed by atoms with Crippen molar-refractivity contribution < 1.29 is 9.21 Å². The highest BCUT2D eigenvalue weighted by Gasteiger charge is 2.23. The average Bonchev–Trinajstić information content (AvgIpc) is 3.18. The van der Waals surface area contributed by atoms with Crippen molar-refractivity contribution >= 4 is 5.91 Å². The molecule has 0 radical (unpaired) electrons. The van der Waals surface area contributed by atoms with Crippen molar-refractivity contribution in [3.8, 4) is 0 Å². The van der Waals surface area contributed by atoms with Crippen molar-refractivity contribution in [2.24, 2.45) is 0 Å². The van der Waals surface area contributed by atoms with E-state index in [0.29, 0.717) is 5.56 Å². The number of piperazine rings is 1. The molecule has 1 amide bonds. The lowest BCUT2D eigenvalue weighted by Gasteiger charge is -2.34. The molecule has 0 spiro atoms. The molecule has 0 N–H and O–H groups in total. The summed E-state index contributed by atoms with van der Waals surface area (Å²) in [5.74, 6) is 1.05. The Morgan fingerprint density at radius 3 is 2.76 bits per heavy atom. The Kier molecular flexibility index (Phi) is 4.06. The lowest BCUT2D eigenvalue weighted by Crippen LogP contribution is -2.48. The zero-order valence-corrected chi connectivity index (χ0v) is 12.2. The van der Waals surface area contributed by atoms with E-state index in [1.807, 2.05) is 30.2 Å². The van der Waals surface area contributed by atoms with Crippen LogP contribution in [0.3, 0.4) is 0 Å². The number of rotatable bonds is 4. The summed E-state index contributed by atoms with van der Waals surface area (Å²) in [6, 6.07) is 3.89. The molecule has 112 valence electrons. The second-order valence-corrected chi connectivity index (χ2v) is 5.23. The van der Waals surface area contributed by atoms with E-state index in [1.54, 1.807) is 17.1 Å². The Bertz CT molecular complexity index is 583. The molecule has 3 rings (SSSR count). The second kappa shape index (κ2) is 6.13. The first-order chi connectivity index (χ1) is 10.3. The Hall–Kier alpha value is -2.08. The van der Waals surface area contributed by atoms with Crippen LogP contribution in [0.1, 0.15) is 23.0 Å². The van der Waals surface area contributed by atoms with E-state index >= 15 is 0 Å². The summed E-state index contributed by atoms with van der Waals surface area (Å²) >= 11 is 0. The molecule has 6 heteroatoms. The molecule has 0 atom stereocenters. The molecule has 2 aromatic rings. The van der Waals surface area contributed by atoms with Gasteiger partial charge in [-0.15, -0.1) is 0 Å². The van der Waals surface area contributed by atoms with E-state index in [9.17, 15) is 4.79 Å². The lowest BCUT2D eigenvalue weighted by molar-refractivity contribution is 0.0620. The first-order valence-corrected chi connectivity index (χ1v) is 7.32. The van der Waals surface area contributed by atoms with Gasteiger partial charge in [-0.25, -0.2) is 0 Å². The summed E-state index contributed by atoms with van der Waals surface area (Å²) in [6.07, 6.45) is 5.17. The number of nitrogens with zero attached hydrogens (tertiary/aromatic N) is 4. The molecule has 1 fully saturated rings. The van der Waals surface area contributed by atoms with Gasteiger partial charge in [0.2, 0.25) is 0 Å². The van der Waals surface area contributed by atoms with Crippen molar-refractivity contribution in [3.63, 3.8) is 0 Å². The number of hydrogen-bond donors (Lipinski definition) is 0. The van der Waals surface area contributed by atoms with E-state index in [4.69, 9.17) is 4.42 Å². The highest BCUT2D eigenvalue weighted by molar-refractivity contribution is 5.93. The van der Waals surface area contributed by atoms with E-state index in [0.717, 1.165) is 45.0 Å². The Morgan fingerprint density at radius 1 is 1.33 bits per heavy atom. The van der Waals surface area contributed by atoms with Gasteiger partial charge in [0.25, 0.3) is 5.91 Å². The minimum absolute atomic E-state index is 0.0762. The maximum absolute atomic E-state index is 12.4. The Morgan fingerprint density at radius 2 is 2.14 bits per heavy atom. The third-order valence-electron chi connectivity index (χ3n) is 3.82. The molecule has 21 heavy (non-hydrogen) atoms. The predicted molar refractivity (Wildman–Crippen MR) is 77.8 cm³/mol. The van der Waals surface area contributed by atoms with Gasteiger partial charge < -0.3 is 9.32 Å². The molecule has 0 saturated carbocycles. The van der Waals surface area contributed by atoms with Crippen molar-refractivity contribution in [1.29, 1.82) is 0 Å². The van der Waals surface area contributed by atoms with Gasteiger partial charge in [0.1, 0.15) is 5.76 Å². The van der Waals surface area contributed by atoms with Crippen LogP contribution in [0.4, 0.5) is 0 Å². The van der Waals surface area contributed by atoms with Gasteiger partial charge in [-0.2, -0.15) is 5.10 Å². The van der Waals surface area contributed by atoms with Crippen LogP contribution in [0, 0.1) is 0 Å². The highest BCUT2D eigenvalue weighted by Crippen LogP contribution is 2.11. The third-order valence-corrected chi connectivity index (χ3v) is 3.82. The van der Waals surface area contributed by atoms with Gasteiger partial charge in [0.15, 0.2) is 0 Å². The Labute approximate surface area is 123 Å². The van der Waals surface area contributed by atoms with E-state index in [1.165, 1.54) is 0 Å².